The molecular formula is C16H17FN6. The van der Waals surface area contributed by atoms with E-state index >= 15 is 0 Å². The molecule has 2 heterocycles. The number of halogens is 1. The third kappa shape index (κ3) is 3.18. The maximum atomic E-state index is 14.2. The Balaban J connectivity index is 1.77. The van der Waals surface area contributed by atoms with Crippen molar-refractivity contribution < 1.29 is 4.39 Å². The molecule has 0 bridgehead atoms. The van der Waals surface area contributed by atoms with Crippen LogP contribution in [0.1, 0.15) is 31.1 Å². The molecule has 7 heteroatoms. The SMILES string of the molecule is CCc1ncnc(NC(C)c2ccc(-n3cncn3)cc2)c1F. The van der Waals surface area contributed by atoms with Gasteiger partial charge in [0.2, 0.25) is 0 Å². The summed E-state index contributed by atoms with van der Waals surface area (Å²) in [6.07, 6.45) is 5.04. The molecule has 1 atom stereocenters. The summed E-state index contributed by atoms with van der Waals surface area (Å²) >= 11 is 0. The van der Waals surface area contributed by atoms with E-state index in [0.29, 0.717) is 12.1 Å². The Morgan fingerprint density at radius 2 is 1.96 bits per heavy atom. The lowest BCUT2D eigenvalue weighted by Crippen LogP contribution is -2.11. The van der Waals surface area contributed by atoms with Gasteiger partial charge in [0.05, 0.1) is 17.4 Å². The minimum Gasteiger partial charge on any atom is -0.361 e. The van der Waals surface area contributed by atoms with Crippen molar-refractivity contribution in [3.8, 4) is 5.69 Å². The molecule has 0 fully saturated rings. The molecule has 2 aromatic heterocycles. The van der Waals surface area contributed by atoms with Crippen LogP contribution in [0.4, 0.5) is 10.2 Å². The normalized spacial score (nSPS) is 12.1. The zero-order chi connectivity index (χ0) is 16.2. The fourth-order valence-electron chi connectivity index (χ4n) is 2.30. The molecule has 0 amide bonds. The highest BCUT2D eigenvalue weighted by molar-refractivity contribution is 5.42. The number of benzene rings is 1. The van der Waals surface area contributed by atoms with E-state index < -0.39 is 0 Å². The molecule has 0 aliphatic rings. The maximum absolute atomic E-state index is 14.2. The largest absolute Gasteiger partial charge is 0.361 e. The van der Waals surface area contributed by atoms with Gasteiger partial charge in [0.25, 0.3) is 0 Å². The molecule has 3 rings (SSSR count). The fraction of sp³-hybridized carbons (Fsp3) is 0.250. The van der Waals surface area contributed by atoms with Gasteiger partial charge in [0, 0.05) is 0 Å². The summed E-state index contributed by atoms with van der Waals surface area (Å²) in [6.45, 7) is 3.82. The monoisotopic (exact) mass is 312 g/mol. The molecule has 0 saturated heterocycles. The predicted molar refractivity (Wildman–Crippen MR) is 84.8 cm³/mol. The Hall–Kier alpha value is -2.83. The minimum atomic E-state index is -0.388. The summed E-state index contributed by atoms with van der Waals surface area (Å²) in [4.78, 5) is 11.8. The van der Waals surface area contributed by atoms with Gasteiger partial charge in [-0.15, -0.1) is 0 Å². The fourth-order valence-corrected chi connectivity index (χ4v) is 2.30. The number of hydrogen-bond donors (Lipinski definition) is 1. The number of aryl methyl sites for hydroxylation is 1. The van der Waals surface area contributed by atoms with Crippen molar-refractivity contribution in [2.75, 3.05) is 5.32 Å². The molecule has 0 aliphatic carbocycles. The van der Waals surface area contributed by atoms with E-state index in [9.17, 15) is 4.39 Å². The number of rotatable bonds is 5. The minimum absolute atomic E-state index is 0.0890. The molecule has 3 aromatic rings. The molecule has 6 nitrogen and oxygen atoms in total. The summed E-state index contributed by atoms with van der Waals surface area (Å²) < 4.78 is 15.9. The van der Waals surface area contributed by atoms with Crippen molar-refractivity contribution in [1.29, 1.82) is 0 Å². The lowest BCUT2D eigenvalue weighted by atomic mass is 10.1. The van der Waals surface area contributed by atoms with Gasteiger partial charge < -0.3 is 5.32 Å². The van der Waals surface area contributed by atoms with Gasteiger partial charge in [0.15, 0.2) is 11.6 Å². The third-order valence-corrected chi connectivity index (χ3v) is 3.63. The number of aromatic nitrogens is 5. The molecule has 1 aromatic carbocycles. The first-order valence-corrected chi connectivity index (χ1v) is 7.40. The molecular weight excluding hydrogens is 295 g/mol. The van der Waals surface area contributed by atoms with Gasteiger partial charge in [0.1, 0.15) is 19.0 Å². The summed E-state index contributed by atoms with van der Waals surface area (Å²) in [5, 5.41) is 7.18. The van der Waals surface area contributed by atoms with Crippen molar-refractivity contribution in [2.45, 2.75) is 26.3 Å². The van der Waals surface area contributed by atoms with Crippen LogP contribution in [0, 0.1) is 5.82 Å². The second-order valence-corrected chi connectivity index (χ2v) is 5.13. The van der Waals surface area contributed by atoms with E-state index in [0.717, 1.165) is 11.3 Å². The molecule has 0 saturated carbocycles. The topological polar surface area (TPSA) is 68.5 Å². The molecule has 0 aliphatic heterocycles. The van der Waals surface area contributed by atoms with Crippen molar-refractivity contribution >= 4 is 5.82 Å². The molecule has 1 N–H and O–H groups in total. The van der Waals surface area contributed by atoms with Gasteiger partial charge in [-0.25, -0.2) is 24.0 Å². The van der Waals surface area contributed by atoms with Gasteiger partial charge in [-0.05, 0) is 31.0 Å². The molecule has 0 radical (unpaired) electrons. The van der Waals surface area contributed by atoms with E-state index in [1.165, 1.54) is 12.7 Å². The first-order chi connectivity index (χ1) is 11.2. The Labute approximate surface area is 133 Å². The number of anilines is 1. The number of nitrogens with zero attached hydrogens (tertiary/aromatic N) is 5. The van der Waals surface area contributed by atoms with Crippen LogP contribution in [-0.4, -0.2) is 24.7 Å². The van der Waals surface area contributed by atoms with E-state index in [2.05, 4.69) is 25.4 Å². The average Bonchev–Trinajstić information content (AvgIpc) is 3.11. The highest BCUT2D eigenvalue weighted by atomic mass is 19.1. The van der Waals surface area contributed by atoms with Crippen LogP contribution in [0.5, 0.6) is 0 Å². The van der Waals surface area contributed by atoms with Crippen LogP contribution in [0.25, 0.3) is 5.69 Å². The van der Waals surface area contributed by atoms with E-state index in [1.54, 1.807) is 11.0 Å². The maximum Gasteiger partial charge on any atom is 0.186 e. The summed E-state index contributed by atoms with van der Waals surface area (Å²) in [7, 11) is 0. The molecule has 0 spiro atoms. The Bertz CT molecular complexity index is 770. The Morgan fingerprint density at radius 3 is 2.61 bits per heavy atom. The summed E-state index contributed by atoms with van der Waals surface area (Å²) in [5.41, 5.74) is 2.35. The van der Waals surface area contributed by atoms with Crippen LogP contribution in [0.15, 0.2) is 43.2 Å². The Kier molecular flexibility index (Phi) is 4.27. The van der Waals surface area contributed by atoms with Gasteiger partial charge >= 0.3 is 0 Å². The quantitative estimate of drug-likeness (QED) is 0.784. The molecule has 1 unspecified atom stereocenters. The highest BCUT2D eigenvalue weighted by Crippen LogP contribution is 2.22. The molecule has 23 heavy (non-hydrogen) atoms. The number of nitrogens with one attached hydrogen (secondary N) is 1. The summed E-state index contributed by atoms with van der Waals surface area (Å²) in [5.74, 6) is -0.161. The third-order valence-electron chi connectivity index (χ3n) is 3.63. The lowest BCUT2D eigenvalue weighted by molar-refractivity contribution is 0.594. The van der Waals surface area contributed by atoms with Gasteiger partial charge in [-0.2, -0.15) is 5.10 Å². The first-order valence-electron chi connectivity index (χ1n) is 7.40. The van der Waals surface area contributed by atoms with Crippen molar-refractivity contribution in [3.05, 3.63) is 60.3 Å². The van der Waals surface area contributed by atoms with Gasteiger partial charge in [-0.3, -0.25) is 0 Å². The zero-order valence-corrected chi connectivity index (χ0v) is 12.9. The van der Waals surface area contributed by atoms with E-state index in [1.807, 2.05) is 38.1 Å². The average molecular weight is 312 g/mol. The zero-order valence-electron chi connectivity index (χ0n) is 12.9. The van der Waals surface area contributed by atoms with E-state index in [4.69, 9.17) is 0 Å². The second-order valence-electron chi connectivity index (χ2n) is 5.13. The predicted octanol–water partition coefficient (Wildman–Crippen LogP) is 2.93. The second kappa shape index (κ2) is 6.51. The number of hydrogen-bond acceptors (Lipinski definition) is 5. The lowest BCUT2D eigenvalue weighted by Gasteiger charge is -2.16. The van der Waals surface area contributed by atoms with Crippen molar-refractivity contribution in [1.82, 2.24) is 24.7 Å². The first kappa shape index (κ1) is 15.1. The Morgan fingerprint density at radius 1 is 1.17 bits per heavy atom. The van der Waals surface area contributed by atoms with Crippen molar-refractivity contribution in [2.24, 2.45) is 0 Å². The smallest absolute Gasteiger partial charge is 0.186 e. The highest BCUT2D eigenvalue weighted by Gasteiger charge is 2.13. The van der Waals surface area contributed by atoms with Crippen LogP contribution < -0.4 is 5.32 Å². The van der Waals surface area contributed by atoms with Crippen molar-refractivity contribution in [3.63, 3.8) is 0 Å². The van der Waals surface area contributed by atoms with Crippen LogP contribution in [0.3, 0.4) is 0 Å². The van der Waals surface area contributed by atoms with Crippen LogP contribution >= 0.6 is 0 Å². The van der Waals surface area contributed by atoms with Gasteiger partial charge in [-0.1, -0.05) is 19.1 Å². The molecule has 118 valence electrons. The standard InChI is InChI=1S/C16H17FN6/c1-3-14-15(17)16(20-9-19-14)22-11(2)12-4-6-13(7-5-12)23-10-18-8-21-23/h4-11H,3H2,1-2H3,(H,19,20,22). The summed E-state index contributed by atoms with van der Waals surface area (Å²) in [6, 6.07) is 7.73. The van der Waals surface area contributed by atoms with Crippen LogP contribution in [0.2, 0.25) is 0 Å². The van der Waals surface area contributed by atoms with Crippen LogP contribution in [-0.2, 0) is 6.42 Å². The van der Waals surface area contributed by atoms with E-state index in [-0.39, 0.29) is 17.7 Å².